The van der Waals surface area contributed by atoms with Crippen molar-refractivity contribution >= 4 is 45.7 Å². The number of pyridine rings is 1. The summed E-state index contributed by atoms with van der Waals surface area (Å²) in [6.07, 6.45) is 2.86. The van der Waals surface area contributed by atoms with Crippen LogP contribution in [0.15, 0.2) is 48.7 Å². The Labute approximate surface area is 230 Å². The lowest BCUT2D eigenvalue weighted by Crippen LogP contribution is -2.57. The lowest BCUT2D eigenvalue weighted by atomic mass is 10.1. The van der Waals surface area contributed by atoms with E-state index >= 15 is 0 Å². The van der Waals surface area contributed by atoms with E-state index < -0.39 is 6.04 Å². The monoisotopic (exact) mass is 542 g/mol. The van der Waals surface area contributed by atoms with Gasteiger partial charge in [-0.3, -0.25) is 4.79 Å². The van der Waals surface area contributed by atoms with Crippen LogP contribution in [0.4, 0.5) is 10.5 Å². The second-order valence-corrected chi connectivity index (χ2v) is 10.1. The molecule has 0 radical (unpaired) electrons. The van der Waals surface area contributed by atoms with E-state index in [1.807, 2.05) is 29.2 Å². The smallest absolute Gasteiger partial charge is 0.332 e. The average molecular weight is 543 g/mol. The Morgan fingerprint density at radius 3 is 2.67 bits per heavy atom. The van der Waals surface area contributed by atoms with Gasteiger partial charge in [0.2, 0.25) is 0 Å². The number of anilines is 1. The molecule has 0 saturated carbocycles. The van der Waals surface area contributed by atoms with Crippen molar-refractivity contribution in [1.29, 1.82) is 5.26 Å². The largest absolute Gasteiger partial charge is 0.493 e. The Balaban J connectivity index is 1.17. The Morgan fingerprint density at radius 1 is 1.15 bits per heavy atom. The number of piperazine rings is 1. The molecule has 2 aromatic carbocycles. The van der Waals surface area contributed by atoms with E-state index in [-0.39, 0.29) is 29.7 Å². The first-order valence-electron chi connectivity index (χ1n) is 12.7. The quantitative estimate of drug-likeness (QED) is 0.371. The van der Waals surface area contributed by atoms with Crippen molar-refractivity contribution in [2.75, 3.05) is 32.2 Å². The summed E-state index contributed by atoms with van der Waals surface area (Å²) < 4.78 is 10.7. The molecule has 39 heavy (non-hydrogen) atoms. The summed E-state index contributed by atoms with van der Waals surface area (Å²) in [5, 5.41) is 14.6. The molecule has 2 unspecified atom stereocenters. The fourth-order valence-corrected chi connectivity index (χ4v) is 6.32. The van der Waals surface area contributed by atoms with Crippen LogP contribution in [0.2, 0.25) is 0 Å². The molecule has 4 heterocycles. The topological polar surface area (TPSA) is 111 Å². The number of carbonyl (C=O) groups excluding carboxylic acids is 2. The summed E-state index contributed by atoms with van der Waals surface area (Å²) in [4.78, 5) is 36.5. The number of hydrogen-bond donors (Lipinski definition) is 1. The molecule has 3 fully saturated rings. The number of aromatic nitrogens is 1. The second-order valence-electron chi connectivity index (χ2n) is 9.74. The van der Waals surface area contributed by atoms with Gasteiger partial charge in [-0.1, -0.05) is 30.3 Å². The first-order chi connectivity index (χ1) is 19.0. The van der Waals surface area contributed by atoms with Crippen LogP contribution in [-0.2, 0) is 11.2 Å². The molecule has 0 aliphatic carbocycles. The summed E-state index contributed by atoms with van der Waals surface area (Å²) in [6, 6.07) is 13.8. The number of urea groups is 1. The summed E-state index contributed by atoms with van der Waals surface area (Å²) in [5.41, 5.74) is 1.73. The maximum absolute atomic E-state index is 13.7. The van der Waals surface area contributed by atoms with Gasteiger partial charge in [-0.05, 0) is 42.8 Å². The van der Waals surface area contributed by atoms with Gasteiger partial charge < -0.3 is 24.6 Å². The minimum atomic E-state index is -0.615. The third kappa shape index (κ3) is 3.90. The minimum Gasteiger partial charge on any atom is -0.493 e. The second kappa shape index (κ2) is 9.71. The number of rotatable bonds is 6. The van der Waals surface area contributed by atoms with E-state index in [1.165, 1.54) is 11.1 Å². The highest BCUT2D eigenvalue weighted by atomic mass is 32.1. The lowest BCUT2D eigenvalue weighted by molar-refractivity contribution is -0.120. The molecule has 11 heteroatoms. The van der Waals surface area contributed by atoms with Gasteiger partial charge in [0.25, 0.3) is 5.91 Å². The number of fused-ring (bicyclic) bond motifs is 6. The summed E-state index contributed by atoms with van der Waals surface area (Å²) >= 11 is 5.72. The van der Waals surface area contributed by atoms with Gasteiger partial charge in [0.05, 0.1) is 38.2 Å². The molecular weight excluding hydrogens is 516 g/mol. The van der Waals surface area contributed by atoms with Gasteiger partial charge in [0.15, 0.2) is 16.6 Å². The van der Waals surface area contributed by atoms with Crippen LogP contribution < -0.4 is 19.7 Å². The van der Waals surface area contributed by atoms with Gasteiger partial charge >= 0.3 is 6.03 Å². The van der Waals surface area contributed by atoms with Gasteiger partial charge in [-0.2, -0.15) is 5.26 Å². The van der Waals surface area contributed by atoms with Crippen molar-refractivity contribution < 1.29 is 19.1 Å². The van der Waals surface area contributed by atoms with Crippen LogP contribution in [0.25, 0.3) is 10.8 Å². The van der Waals surface area contributed by atoms with Crippen LogP contribution >= 0.6 is 12.2 Å². The number of methoxy groups -OCH3 is 2. The number of carbonyl (C=O) groups is 2. The lowest BCUT2D eigenvalue weighted by Gasteiger charge is -2.36. The summed E-state index contributed by atoms with van der Waals surface area (Å²) in [5.74, 6) is 1.06. The van der Waals surface area contributed by atoms with Crippen LogP contribution in [0, 0.1) is 11.3 Å². The highest BCUT2D eigenvalue weighted by molar-refractivity contribution is 7.80. The van der Waals surface area contributed by atoms with Gasteiger partial charge in [0, 0.05) is 23.9 Å². The SMILES string of the molecule is COc1ccc(CCNC(=S)N2C[C@H]3CC2C2C(=O)N(c4cnc(C#N)c5ccccc45)C(=O)N23)cc1OC. The fourth-order valence-electron chi connectivity index (χ4n) is 6.01. The predicted molar refractivity (Wildman–Crippen MR) is 148 cm³/mol. The number of nitrogens with zero attached hydrogens (tertiary/aromatic N) is 5. The number of benzene rings is 2. The number of likely N-dealkylation sites (tertiary alicyclic amines) is 1. The molecule has 1 N–H and O–H groups in total. The maximum atomic E-state index is 13.7. The summed E-state index contributed by atoms with van der Waals surface area (Å²) in [6.45, 7) is 1.18. The van der Waals surface area contributed by atoms with Crippen LogP contribution in [0.1, 0.15) is 17.7 Å². The Kier molecular flexibility index (Phi) is 6.19. The van der Waals surface area contributed by atoms with Crippen molar-refractivity contribution in [3.63, 3.8) is 0 Å². The van der Waals surface area contributed by atoms with Crippen molar-refractivity contribution in [1.82, 2.24) is 20.1 Å². The minimum absolute atomic E-state index is 0.107. The normalized spacial score (nSPS) is 21.4. The highest BCUT2D eigenvalue weighted by Crippen LogP contribution is 2.43. The molecule has 10 nitrogen and oxygen atoms in total. The van der Waals surface area contributed by atoms with E-state index in [1.54, 1.807) is 37.3 Å². The number of thiocarbonyl (C=S) groups is 1. The third-order valence-electron chi connectivity index (χ3n) is 7.78. The van der Waals surface area contributed by atoms with Crippen molar-refractivity contribution in [3.8, 4) is 17.6 Å². The molecule has 1 aromatic heterocycles. The van der Waals surface area contributed by atoms with Crippen LogP contribution in [0.5, 0.6) is 11.5 Å². The summed E-state index contributed by atoms with van der Waals surface area (Å²) in [7, 11) is 3.21. The van der Waals surface area contributed by atoms with E-state index in [9.17, 15) is 14.9 Å². The van der Waals surface area contributed by atoms with Gasteiger partial charge in [-0.25, -0.2) is 14.7 Å². The molecule has 3 saturated heterocycles. The molecule has 3 aliphatic rings. The Hall–Kier alpha value is -4.43. The van der Waals surface area contributed by atoms with E-state index in [4.69, 9.17) is 21.7 Å². The van der Waals surface area contributed by atoms with Gasteiger partial charge in [-0.15, -0.1) is 0 Å². The highest BCUT2D eigenvalue weighted by Gasteiger charge is 2.62. The first-order valence-corrected chi connectivity index (χ1v) is 13.1. The van der Waals surface area contributed by atoms with Crippen molar-refractivity contribution in [2.45, 2.75) is 31.0 Å². The zero-order chi connectivity index (χ0) is 27.3. The van der Waals surface area contributed by atoms with Gasteiger partial charge in [0.1, 0.15) is 17.8 Å². The number of amides is 3. The Bertz CT molecular complexity index is 1550. The number of hydrogen-bond acceptors (Lipinski definition) is 7. The maximum Gasteiger partial charge on any atom is 0.332 e. The molecule has 3 aromatic rings. The van der Waals surface area contributed by atoms with Crippen LogP contribution in [-0.4, -0.2) is 77.3 Å². The van der Waals surface area contributed by atoms with E-state index in [2.05, 4.69) is 16.4 Å². The van der Waals surface area contributed by atoms with Crippen molar-refractivity contribution in [3.05, 3.63) is 59.9 Å². The molecule has 3 amide bonds. The third-order valence-corrected chi connectivity index (χ3v) is 8.16. The van der Waals surface area contributed by atoms with E-state index in [0.29, 0.717) is 52.6 Å². The molecule has 6 rings (SSSR count). The first kappa shape index (κ1) is 24.9. The molecule has 2 bridgehead atoms. The number of nitrogens with one attached hydrogen (secondary N) is 1. The number of nitriles is 1. The number of ether oxygens (including phenoxy) is 2. The zero-order valence-electron chi connectivity index (χ0n) is 21.5. The molecule has 0 spiro atoms. The predicted octanol–water partition coefficient (Wildman–Crippen LogP) is 2.83. The fraction of sp³-hybridized carbons (Fsp3) is 0.321. The molecule has 3 aliphatic heterocycles. The average Bonchev–Trinajstić information content (AvgIpc) is 3.63. The molecule has 198 valence electrons. The zero-order valence-corrected chi connectivity index (χ0v) is 22.3. The van der Waals surface area contributed by atoms with Crippen LogP contribution in [0.3, 0.4) is 0 Å². The van der Waals surface area contributed by atoms with Crippen molar-refractivity contribution in [2.24, 2.45) is 0 Å². The Morgan fingerprint density at radius 2 is 1.92 bits per heavy atom. The standard InChI is InChI=1S/C28H26N6O4S/c1-37-23-8-7-16(11-24(23)38-2)9-10-30-27(39)32-15-17-12-21(32)25-26(35)34(28(36)33(17)25)22-14-31-20(13-29)18-5-3-4-6-19(18)22/h3-8,11,14,17,21,25H,9-10,12,15H2,1-2H3,(H,30,39)/t17-,21?,25?/m1/s1. The molecular formula is C28H26N6O4S. The number of imide groups is 1. The van der Waals surface area contributed by atoms with E-state index in [0.717, 1.165) is 12.0 Å². The molecule has 3 atom stereocenters.